The van der Waals surface area contributed by atoms with Gasteiger partial charge in [-0.15, -0.1) is 0 Å². The Labute approximate surface area is 305 Å². The zero-order valence-electron chi connectivity index (χ0n) is 31.3. The van der Waals surface area contributed by atoms with Crippen LogP contribution in [0.25, 0.3) is 11.1 Å². The number of hydrogen-bond donors (Lipinski definition) is 4. The summed E-state index contributed by atoms with van der Waals surface area (Å²) in [5, 5.41) is 11.1. The Morgan fingerprint density at radius 2 is 0.923 bits per heavy atom. The number of alkyl carbamates (subject to hydrolysis) is 2. The molecule has 14 heteroatoms. The molecule has 4 rings (SSSR count). The van der Waals surface area contributed by atoms with Crippen LogP contribution in [0.3, 0.4) is 0 Å². The second kappa shape index (κ2) is 16.5. The van der Waals surface area contributed by atoms with Crippen LogP contribution in [0, 0.1) is 10.8 Å². The Kier molecular flexibility index (Phi) is 12.6. The van der Waals surface area contributed by atoms with E-state index in [0.717, 1.165) is 11.1 Å². The first kappa shape index (κ1) is 39.6. The Bertz CT molecular complexity index is 1510. The van der Waals surface area contributed by atoms with Gasteiger partial charge >= 0.3 is 12.2 Å². The summed E-state index contributed by atoms with van der Waals surface area (Å²) in [6.45, 7) is 11.9. The van der Waals surface area contributed by atoms with E-state index in [1.807, 2.05) is 65.8 Å². The van der Waals surface area contributed by atoms with Crippen molar-refractivity contribution < 1.29 is 38.2 Å². The number of carbonyl (C=O) groups is 6. The fraction of sp³-hybridized carbons (Fsp3) is 0.526. The van der Waals surface area contributed by atoms with Crippen LogP contribution in [0.4, 0.5) is 21.0 Å². The van der Waals surface area contributed by atoms with Crippen molar-refractivity contribution in [3.63, 3.8) is 0 Å². The highest BCUT2D eigenvalue weighted by Gasteiger charge is 2.43. The van der Waals surface area contributed by atoms with E-state index in [0.29, 0.717) is 50.1 Å². The monoisotopic (exact) mass is 720 g/mol. The van der Waals surface area contributed by atoms with Gasteiger partial charge in [-0.05, 0) is 71.9 Å². The summed E-state index contributed by atoms with van der Waals surface area (Å²) in [6.07, 6.45) is 0.923. The zero-order chi connectivity index (χ0) is 38.4. The lowest BCUT2D eigenvalue weighted by molar-refractivity contribution is -0.140. The number of carbonyl (C=O) groups excluding carboxylic acids is 6. The fourth-order valence-electron chi connectivity index (χ4n) is 6.53. The number of nitrogens with zero attached hydrogens (tertiary/aromatic N) is 2. The van der Waals surface area contributed by atoms with Crippen molar-refractivity contribution in [1.82, 2.24) is 20.4 Å². The van der Waals surface area contributed by atoms with Crippen LogP contribution in [-0.4, -0.2) is 97.1 Å². The molecular formula is C38H52N6O8. The number of nitrogens with one attached hydrogen (secondary N) is 4. The number of ether oxygens (including phenoxy) is 2. The topological polar surface area (TPSA) is 175 Å². The number of anilines is 2. The quantitative estimate of drug-likeness (QED) is 0.287. The van der Waals surface area contributed by atoms with E-state index in [2.05, 4.69) is 21.3 Å². The van der Waals surface area contributed by atoms with Gasteiger partial charge in [-0.3, -0.25) is 19.2 Å². The summed E-state index contributed by atoms with van der Waals surface area (Å²) < 4.78 is 9.44. The molecule has 2 aliphatic rings. The minimum atomic E-state index is -0.864. The van der Waals surface area contributed by atoms with E-state index in [1.165, 1.54) is 24.0 Å². The number of hydrogen-bond acceptors (Lipinski definition) is 8. The van der Waals surface area contributed by atoms with Gasteiger partial charge in [0, 0.05) is 24.5 Å². The molecule has 282 valence electrons. The molecule has 2 saturated heterocycles. The van der Waals surface area contributed by atoms with E-state index in [-0.39, 0.29) is 23.6 Å². The highest BCUT2D eigenvalue weighted by Crippen LogP contribution is 2.29. The molecule has 0 radical (unpaired) electrons. The van der Waals surface area contributed by atoms with Crippen LogP contribution in [0.15, 0.2) is 48.5 Å². The van der Waals surface area contributed by atoms with Crippen molar-refractivity contribution >= 4 is 47.2 Å². The van der Waals surface area contributed by atoms with E-state index >= 15 is 0 Å². The molecule has 4 unspecified atom stereocenters. The summed E-state index contributed by atoms with van der Waals surface area (Å²) in [7, 11) is 2.47. The summed E-state index contributed by atoms with van der Waals surface area (Å²) >= 11 is 0. The number of amides is 6. The van der Waals surface area contributed by atoms with Crippen molar-refractivity contribution in [1.29, 1.82) is 0 Å². The smallest absolute Gasteiger partial charge is 0.407 e. The first-order chi connectivity index (χ1) is 24.4. The first-order valence-electron chi connectivity index (χ1n) is 17.6. The summed E-state index contributed by atoms with van der Waals surface area (Å²) in [5.41, 5.74) is 1.71. The fourth-order valence-corrected chi connectivity index (χ4v) is 6.53. The van der Waals surface area contributed by atoms with E-state index in [9.17, 15) is 28.8 Å². The molecule has 0 aromatic heterocycles. The molecule has 2 fully saturated rings. The molecule has 52 heavy (non-hydrogen) atoms. The molecule has 4 atom stereocenters. The third-order valence-electron chi connectivity index (χ3n) is 9.44. The summed E-state index contributed by atoms with van der Waals surface area (Å²) in [4.78, 5) is 80.7. The van der Waals surface area contributed by atoms with Crippen molar-refractivity contribution in [2.75, 3.05) is 37.9 Å². The predicted octanol–water partition coefficient (Wildman–Crippen LogP) is 4.75. The van der Waals surface area contributed by atoms with Crippen LogP contribution in [-0.2, 0) is 28.7 Å². The maximum Gasteiger partial charge on any atom is 0.407 e. The lowest BCUT2D eigenvalue weighted by atomic mass is 9.85. The number of rotatable bonds is 9. The second-order valence-electron chi connectivity index (χ2n) is 15.4. The Hall–Kier alpha value is -5.14. The lowest BCUT2D eigenvalue weighted by Crippen LogP contribution is -2.57. The molecule has 6 amide bonds. The van der Waals surface area contributed by atoms with Crippen molar-refractivity contribution in [3.05, 3.63) is 48.5 Å². The Morgan fingerprint density at radius 3 is 1.21 bits per heavy atom. The highest BCUT2D eigenvalue weighted by molar-refractivity contribution is 6.00. The van der Waals surface area contributed by atoms with E-state index in [1.54, 1.807) is 24.3 Å². The maximum atomic E-state index is 13.5. The average Bonchev–Trinajstić information content (AvgIpc) is 3.80. The Morgan fingerprint density at radius 1 is 0.596 bits per heavy atom. The molecule has 4 N–H and O–H groups in total. The SMILES string of the molecule is COC(=O)NC(C(=O)N1CCCC1C(=O)Nc1ccc(-c2ccc(NC(=O)C3CCCN3C(=O)C(NC(=O)OC)C(C)(C)C)cc2)cc1)C(C)(C)C. The number of benzene rings is 2. The van der Waals surface area contributed by atoms with Crippen LogP contribution < -0.4 is 21.3 Å². The van der Waals surface area contributed by atoms with Gasteiger partial charge in [-0.1, -0.05) is 65.8 Å². The minimum absolute atomic E-state index is 0.305. The van der Waals surface area contributed by atoms with Gasteiger partial charge in [-0.25, -0.2) is 9.59 Å². The second-order valence-corrected chi connectivity index (χ2v) is 15.4. The lowest BCUT2D eigenvalue weighted by Gasteiger charge is -2.35. The highest BCUT2D eigenvalue weighted by atomic mass is 16.5. The maximum absolute atomic E-state index is 13.5. The predicted molar refractivity (Wildman–Crippen MR) is 196 cm³/mol. The number of likely N-dealkylation sites (tertiary alicyclic amines) is 2. The molecule has 2 aromatic carbocycles. The molecule has 2 heterocycles. The molecule has 14 nitrogen and oxygen atoms in total. The van der Waals surface area contributed by atoms with Gasteiger partial charge in [-0.2, -0.15) is 0 Å². The number of methoxy groups -OCH3 is 2. The molecule has 2 aliphatic heterocycles. The zero-order valence-corrected chi connectivity index (χ0v) is 31.3. The van der Waals surface area contributed by atoms with Crippen LogP contribution in [0.1, 0.15) is 67.2 Å². The minimum Gasteiger partial charge on any atom is -0.453 e. The van der Waals surface area contributed by atoms with E-state index in [4.69, 9.17) is 9.47 Å². The van der Waals surface area contributed by atoms with Crippen molar-refractivity contribution in [2.45, 2.75) is 91.4 Å². The van der Waals surface area contributed by atoms with Crippen molar-refractivity contribution in [3.8, 4) is 11.1 Å². The third kappa shape index (κ3) is 9.59. The summed E-state index contributed by atoms with van der Waals surface area (Å²) in [6, 6.07) is 11.5. The normalized spacial score (nSPS) is 18.5. The molecule has 0 saturated carbocycles. The molecule has 0 spiro atoms. The van der Waals surface area contributed by atoms with Gasteiger partial charge in [0.25, 0.3) is 0 Å². The first-order valence-corrected chi connectivity index (χ1v) is 17.6. The summed E-state index contributed by atoms with van der Waals surface area (Å²) in [5.74, 6) is -1.27. The van der Waals surface area contributed by atoms with Gasteiger partial charge in [0.05, 0.1) is 14.2 Å². The Balaban J connectivity index is 1.37. The molecular weight excluding hydrogens is 668 g/mol. The van der Waals surface area contributed by atoms with Gasteiger partial charge < -0.3 is 40.5 Å². The molecule has 2 aromatic rings. The van der Waals surface area contributed by atoms with Crippen molar-refractivity contribution in [2.24, 2.45) is 10.8 Å². The van der Waals surface area contributed by atoms with Crippen LogP contribution in [0.2, 0.25) is 0 Å². The molecule has 0 aliphatic carbocycles. The largest absolute Gasteiger partial charge is 0.453 e. The van der Waals surface area contributed by atoms with Crippen LogP contribution >= 0.6 is 0 Å². The van der Waals surface area contributed by atoms with E-state index < -0.39 is 47.2 Å². The van der Waals surface area contributed by atoms with Gasteiger partial charge in [0.15, 0.2) is 0 Å². The third-order valence-corrected chi connectivity index (χ3v) is 9.44. The van der Waals surface area contributed by atoms with Gasteiger partial charge in [0.1, 0.15) is 24.2 Å². The standard InChI is InChI=1S/C38H52N6O8/c1-37(2,3)29(41-35(49)51-7)33(47)43-21-9-11-27(43)31(45)39-25-17-13-23(14-18-25)24-15-19-26(20-16-24)40-32(46)28-12-10-22-44(28)34(48)30(38(4,5)6)42-36(50)52-8/h13-20,27-30H,9-12,21-22H2,1-8H3,(H,39,45)(H,40,46)(H,41,49)(H,42,50). The van der Waals surface area contributed by atoms with Crippen LogP contribution in [0.5, 0.6) is 0 Å². The van der Waals surface area contributed by atoms with Gasteiger partial charge in [0.2, 0.25) is 23.6 Å². The molecule has 0 bridgehead atoms. The average molecular weight is 721 g/mol.